The summed E-state index contributed by atoms with van der Waals surface area (Å²) in [5.74, 6) is 2.23. The van der Waals surface area contributed by atoms with E-state index < -0.39 is 0 Å². The summed E-state index contributed by atoms with van der Waals surface area (Å²) >= 11 is 1.94. The van der Waals surface area contributed by atoms with Gasteiger partial charge in [0.25, 0.3) is 0 Å². The zero-order valence-electron chi connectivity index (χ0n) is 9.36. The van der Waals surface area contributed by atoms with Crippen molar-refractivity contribution in [3.05, 3.63) is 24.0 Å². The minimum Gasteiger partial charge on any atom is -0.398 e. The molecule has 0 saturated carbocycles. The fourth-order valence-corrected chi connectivity index (χ4v) is 2.42. The van der Waals surface area contributed by atoms with Crippen LogP contribution in [0.5, 0.6) is 0 Å². The maximum Gasteiger partial charge on any atom is 0.0445 e. The Morgan fingerprint density at radius 2 is 2.40 bits per heavy atom. The van der Waals surface area contributed by atoms with Gasteiger partial charge >= 0.3 is 0 Å². The maximum atomic E-state index is 5.91. The lowest BCUT2D eigenvalue weighted by atomic mass is 10.1. The van der Waals surface area contributed by atoms with Crippen LogP contribution < -0.4 is 11.1 Å². The number of nitrogens with two attached hydrogens (primary N) is 1. The number of rotatable bonds is 6. The average molecular weight is 225 g/mol. The van der Waals surface area contributed by atoms with Crippen molar-refractivity contribution in [3.8, 4) is 0 Å². The molecule has 0 aliphatic rings. The predicted octanol–water partition coefficient (Wildman–Crippen LogP) is 2.07. The standard InChI is InChI=1S/C11H19N3S/c1-3-6-15-8-11(13-2)9-7-14-5-4-10(9)12/h4-5,7,11,13H,3,6,8H2,1-2H3,(H2,12,14). The van der Waals surface area contributed by atoms with Crippen LogP contribution in [0.4, 0.5) is 5.69 Å². The third kappa shape index (κ3) is 3.72. The van der Waals surface area contributed by atoms with Gasteiger partial charge in [-0.1, -0.05) is 6.92 Å². The molecule has 1 atom stereocenters. The summed E-state index contributed by atoms with van der Waals surface area (Å²) in [4.78, 5) is 4.11. The molecule has 15 heavy (non-hydrogen) atoms. The summed E-state index contributed by atoms with van der Waals surface area (Å²) in [6.07, 6.45) is 4.79. The first kappa shape index (κ1) is 12.3. The maximum absolute atomic E-state index is 5.91. The summed E-state index contributed by atoms with van der Waals surface area (Å²) in [6, 6.07) is 2.15. The van der Waals surface area contributed by atoms with Crippen molar-refractivity contribution in [3.63, 3.8) is 0 Å². The summed E-state index contributed by atoms with van der Waals surface area (Å²) in [5.41, 5.74) is 7.83. The summed E-state index contributed by atoms with van der Waals surface area (Å²) in [6.45, 7) is 2.19. The van der Waals surface area contributed by atoms with Gasteiger partial charge in [-0.2, -0.15) is 11.8 Å². The van der Waals surface area contributed by atoms with E-state index in [4.69, 9.17) is 5.73 Å². The van der Waals surface area contributed by atoms with Gasteiger partial charge in [0.15, 0.2) is 0 Å². The number of thioether (sulfide) groups is 1. The zero-order chi connectivity index (χ0) is 11.1. The molecule has 0 amide bonds. The minimum absolute atomic E-state index is 0.301. The van der Waals surface area contributed by atoms with Crippen molar-refractivity contribution in [1.29, 1.82) is 0 Å². The Morgan fingerprint density at radius 3 is 3.00 bits per heavy atom. The van der Waals surface area contributed by atoms with E-state index >= 15 is 0 Å². The Labute approximate surface area is 95.9 Å². The SMILES string of the molecule is CCCSCC(NC)c1cnccc1N. The number of nitrogens with zero attached hydrogens (tertiary/aromatic N) is 1. The van der Waals surface area contributed by atoms with E-state index in [1.165, 1.54) is 12.2 Å². The van der Waals surface area contributed by atoms with Gasteiger partial charge in [-0.15, -0.1) is 0 Å². The van der Waals surface area contributed by atoms with Crippen LogP contribution >= 0.6 is 11.8 Å². The highest BCUT2D eigenvalue weighted by atomic mass is 32.2. The van der Waals surface area contributed by atoms with Crippen LogP contribution in [0.2, 0.25) is 0 Å². The molecule has 0 fully saturated rings. The van der Waals surface area contributed by atoms with E-state index in [1.54, 1.807) is 6.20 Å². The average Bonchev–Trinajstić information content (AvgIpc) is 2.26. The molecule has 0 saturated heterocycles. The molecule has 1 rings (SSSR count). The smallest absolute Gasteiger partial charge is 0.0445 e. The van der Waals surface area contributed by atoms with Gasteiger partial charge in [0, 0.05) is 35.4 Å². The predicted molar refractivity (Wildman–Crippen MR) is 68.1 cm³/mol. The Morgan fingerprint density at radius 1 is 1.60 bits per heavy atom. The number of aromatic nitrogens is 1. The van der Waals surface area contributed by atoms with Crippen LogP contribution in [0.15, 0.2) is 18.5 Å². The van der Waals surface area contributed by atoms with Crippen LogP contribution in [0.1, 0.15) is 24.9 Å². The Kier molecular flexibility index (Phi) is 5.50. The number of anilines is 1. The fraction of sp³-hybridized carbons (Fsp3) is 0.545. The molecule has 4 heteroatoms. The molecule has 0 radical (unpaired) electrons. The second-order valence-corrected chi connectivity index (χ2v) is 4.57. The van der Waals surface area contributed by atoms with E-state index in [0.717, 1.165) is 17.0 Å². The van der Waals surface area contributed by atoms with E-state index in [0.29, 0.717) is 6.04 Å². The summed E-state index contributed by atoms with van der Waals surface area (Å²) in [5, 5.41) is 3.28. The van der Waals surface area contributed by atoms with Crippen molar-refractivity contribution in [2.75, 3.05) is 24.3 Å². The van der Waals surface area contributed by atoms with E-state index in [2.05, 4.69) is 17.2 Å². The van der Waals surface area contributed by atoms with Crippen molar-refractivity contribution in [1.82, 2.24) is 10.3 Å². The van der Waals surface area contributed by atoms with Crippen LogP contribution in [-0.4, -0.2) is 23.5 Å². The number of hydrogen-bond acceptors (Lipinski definition) is 4. The van der Waals surface area contributed by atoms with Gasteiger partial charge in [-0.25, -0.2) is 0 Å². The molecule has 3 nitrogen and oxygen atoms in total. The second-order valence-electron chi connectivity index (χ2n) is 3.42. The van der Waals surface area contributed by atoms with Gasteiger partial charge in [-0.05, 0) is 25.3 Å². The topological polar surface area (TPSA) is 50.9 Å². The highest BCUT2D eigenvalue weighted by molar-refractivity contribution is 7.99. The van der Waals surface area contributed by atoms with Crippen LogP contribution in [0.25, 0.3) is 0 Å². The highest BCUT2D eigenvalue weighted by Gasteiger charge is 2.11. The lowest BCUT2D eigenvalue weighted by Gasteiger charge is -2.17. The molecule has 3 N–H and O–H groups in total. The van der Waals surface area contributed by atoms with Crippen molar-refractivity contribution in [2.45, 2.75) is 19.4 Å². The number of hydrogen-bond donors (Lipinski definition) is 2. The third-order valence-electron chi connectivity index (χ3n) is 2.24. The largest absolute Gasteiger partial charge is 0.398 e. The highest BCUT2D eigenvalue weighted by Crippen LogP contribution is 2.22. The van der Waals surface area contributed by atoms with Gasteiger partial charge in [0.05, 0.1) is 0 Å². The fourth-order valence-electron chi connectivity index (χ4n) is 1.38. The Bertz CT molecular complexity index is 291. The molecule has 0 spiro atoms. The summed E-state index contributed by atoms with van der Waals surface area (Å²) < 4.78 is 0. The molecular formula is C11H19N3S. The van der Waals surface area contributed by atoms with E-state index in [1.807, 2.05) is 31.1 Å². The van der Waals surface area contributed by atoms with Gasteiger partial charge in [0.2, 0.25) is 0 Å². The quantitative estimate of drug-likeness (QED) is 0.728. The van der Waals surface area contributed by atoms with Gasteiger partial charge in [-0.3, -0.25) is 4.98 Å². The molecule has 0 aliphatic carbocycles. The molecule has 1 aromatic heterocycles. The zero-order valence-corrected chi connectivity index (χ0v) is 10.2. The molecule has 84 valence electrons. The summed E-state index contributed by atoms with van der Waals surface area (Å²) in [7, 11) is 1.96. The lowest BCUT2D eigenvalue weighted by Crippen LogP contribution is -2.20. The third-order valence-corrected chi connectivity index (χ3v) is 3.51. The minimum atomic E-state index is 0.301. The molecule has 0 aromatic carbocycles. The first-order valence-electron chi connectivity index (χ1n) is 5.24. The van der Waals surface area contributed by atoms with Crippen LogP contribution in [-0.2, 0) is 0 Å². The van der Waals surface area contributed by atoms with Crippen LogP contribution in [0.3, 0.4) is 0 Å². The Hall–Kier alpha value is -0.740. The number of pyridine rings is 1. The monoisotopic (exact) mass is 225 g/mol. The Balaban J connectivity index is 2.61. The first-order valence-corrected chi connectivity index (χ1v) is 6.39. The molecule has 0 aliphatic heterocycles. The first-order chi connectivity index (χ1) is 7.29. The van der Waals surface area contributed by atoms with E-state index in [9.17, 15) is 0 Å². The molecule has 1 unspecified atom stereocenters. The molecule has 1 aromatic rings. The molecule has 0 bridgehead atoms. The van der Waals surface area contributed by atoms with Gasteiger partial charge < -0.3 is 11.1 Å². The van der Waals surface area contributed by atoms with Crippen molar-refractivity contribution in [2.24, 2.45) is 0 Å². The van der Waals surface area contributed by atoms with Crippen LogP contribution in [0, 0.1) is 0 Å². The van der Waals surface area contributed by atoms with Crippen molar-refractivity contribution >= 4 is 17.4 Å². The molecule has 1 heterocycles. The number of nitrogens with one attached hydrogen (secondary N) is 1. The molecular weight excluding hydrogens is 206 g/mol. The van der Waals surface area contributed by atoms with Gasteiger partial charge in [0.1, 0.15) is 0 Å². The normalized spacial score (nSPS) is 12.7. The second kappa shape index (κ2) is 6.69. The lowest BCUT2D eigenvalue weighted by molar-refractivity contribution is 0.661. The number of nitrogen functional groups attached to an aromatic ring is 1. The van der Waals surface area contributed by atoms with Crippen molar-refractivity contribution < 1.29 is 0 Å². The van der Waals surface area contributed by atoms with E-state index in [-0.39, 0.29) is 0 Å².